The SMILES string of the molecule is CCCc1nc(C)n2nc(S(=O)(=O)NC)nc2c1Cc1ccc(-c2ccccc2C#N)cc1. The van der Waals surface area contributed by atoms with Gasteiger partial charge in [0, 0.05) is 17.7 Å². The Hall–Kier alpha value is -3.61. The standard InChI is InChI=1S/C24H24N6O2S/c1-4-7-22-21(23-28-24(33(31,32)26-3)29-30(23)16(2)27-22)14-17-10-12-18(13-11-17)20-9-6-5-8-19(20)15-25/h5-6,8-13,26H,4,7,14H2,1-3H3. The molecule has 1 N–H and O–H groups in total. The van der Waals surface area contributed by atoms with Crippen LogP contribution in [0.2, 0.25) is 0 Å². The number of benzene rings is 2. The molecule has 33 heavy (non-hydrogen) atoms. The fourth-order valence-corrected chi connectivity index (χ4v) is 4.40. The summed E-state index contributed by atoms with van der Waals surface area (Å²) in [5.41, 5.74) is 5.75. The van der Waals surface area contributed by atoms with Crippen molar-refractivity contribution in [1.29, 1.82) is 5.26 Å². The zero-order chi connectivity index (χ0) is 23.6. The van der Waals surface area contributed by atoms with Gasteiger partial charge in [-0.3, -0.25) is 0 Å². The highest BCUT2D eigenvalue weighted by Gasteiger charge is 2.23. The Morgan fingerprint density at radius 3 is 2.48 bits per heavy atom. The van der Waals surface area contributed by atoms with Crippen LogP contribution >= 0.6 is 0 Å². The first-order valence-corrected chi connectivity index (χ1v) is 12.1. The molecule has 9 heteroatoms. The highest BCUT2D eigenvalue weighted by Crippen LogP contribution is 2.26. The molecule has 0 radical (unpaired) electrons. The minimum absolute atomic E-state index is 0.270. The average Bonchev–Trinajstić information content (AvgIpc) is 3.29. The van der Waals surface area contributed by atoms with Crippen LogP contribution < -0.4 is 4.72 Å². The zero-order valence-electron chi connectivity index (χ0n) is 18.7. The van der Waals surface area contributed by atoms with Gasteiger partial charge in [-0.05, 0) is 43.1 Å². The normalized spacial score (nSPS) is 11.6. The number of fused-ring (bicyclic) bond motifs is 1. The maximum atomic E-state index is 12.3. The summed E-state index contributed by atoms with van der Waals surface area (Å²) >= 11 is 0. The predicted octanol–water partition coefficient (Wildman–Crippen LogP) is 3.42. The van der Waals surface area contributed by atoms with E-state index in [1.807, 2.05) is 42.5 Å². The van der Waals surface area contributed by atoms with E-state index in [4.69, 9.17) is 4.98 Å². The lowest BCUT2D eigenvalue weighted by Gasteiger charge is -2.12. The molecule has 4 aromatic rings. The van der Waals surface area contributed by atoms with Crippen LogP contribution in [-0.2, 0) is 22.9 Å². The van der Waals surface area contributed by atoms with Crippen molar-refractivity contribution in [1.82, 2.24) is 24.3 Å². The van der Waals surface area contributed by atoms with Crippen LogP contribution in [0.25, 0.3) is 16.8 Å². The van der Waals surface area contributed by atoms with Crippen molar-refractivity contribution in [2.45, 2.75) is 38.3 Å². The van der Waals surface area contributed by atoms with Crippen molar-refractivity contribution in [3.8, 4) is 17.2 Å². The molecule has 2 heterocycles. The van der Waals surface area contributed by atoms with Gasteiger partial charge in [-0.1, -0.05) is 55.8 Å². The van der Waals surface area contributed by atoms with E-state index in [1.54, 1.807) is 13.0 Å². The first-order valence-electron chi connectivity index (χ1n) is 10.6. The van der Waals surface area contributed by atoms with E-state index >= 15 is 0 Å². The van der Waals surface area contributed by atoms with Crippen molar-refractivity contribution in [2.75, 3.05) is 7.05 Å². The topological polar surface area (TPSA) is 113 Å². The zero-order valence-corrected chi connectivity index (χ0v) is 19.5. The van der Waals surface area contributed by atoms with E-state index in [-0.39, 0.29) is 5.16 Å². The summed E-state index contributed by atoms with van der Waals surface area (Å²) < 4.78 is 28.4. The fraction of sp³-hybridized carbons (Fsp3) is 0.250. The predicted molar refractivity (Wildman–Crippen MR) is 125 cm³/mol. The van der Waals surface area contributed by atoms with Gasteiger partial charge in [0.15, 0.2) is 5.65 Å². The first-order chi connectivity index (χ1) is 15.9. The third-order valence-corrected chi connectivity index (χ3v) is 6.69. The van der Waals surface area contributed by atoms with Crippen molar-refractivity contribution in [2.24, 2.45) is 0 Å². The monoisotopic (exact) mass is 460 g/mol. The van der Waals surface area contributed by atoms with Crippen LogP contribution in [0.5, 0.6) is 0 Å². The van der Waals surface area contributed by atoms with E-state index in [9.17, 15) is 13.7 Å². The quantitative estimate of drug-likeness (QED) is 0.452. The number of rotatable bonds is 7. The average molecular weight is 461 g/mol. The molecule has 0 saturated carbocycles. The summed E-state index contributed by atoms with van der Waals surface area (Å²) in [4.78, 5) is 9.07. The molecule has 0 spiro atoms. The Kier molecular flexibility index (Phi) is 6.22. The Balaban J connectivity index is 1.78. The Morgan fingerprint density at radius 2 is 1.82 bits per heavy atom. The maximum Gasteiger partial charge on any atom is 0.283 e. The smallest absolute Gasteiger partial charge is 0.238 e. The third-order valence-electron chi connectivity index (χ3n) is 5.50. The van der Waals surface area contributed by atoms with Gasteiger partial charge in [-0.25, -0.2) is 18.1 Å². The van der Waals surface area contributed by atoms with Crippen LogP contribution in [0.3, 0.4) is 0 Å². The highest BCUT2D eigenvalue weighted by atomic mass is 32.2. The number of sulfonamides is 1. The summed E-state index contributed by atoms with van der Waals surface area (Å²) in [7, 11) is -2.45. The number of aryl methyl sites for hydroxylation is 2. The number of aromatic nitrogens is 4. The lowest BCUT2D eigenvalue weighted by Crippen LogP contribution is -2.20. The number of nitrogens with one attached hydrogen (secondary N) is 1. The summed E-state index contributed by atoms with van der Waals surface area (Å²) in [6.45, 7) is 3.87. The molecule has 0 aliphatic rings. The van der Waals surface area contributed by atoms with Crippen molar-refractivity contribution in [3.63, 3.8) is 0 Å². The van der Waals surface area contributed by atoms with E-state index in [0.717, 1.165) is 40.8 Å². The summed E-state index contributed by atoms with van der Waals surface area (Å²) in [6, 6.07) is 17.7. The lowest BCUT2D eigenvalue weighted by atomic mass is 9.97. The molecule has 2 aromatic heterocycles. The number of hydrogen-bond donors (Lipinski definition) is 1. The third kappa shape index (κ3) is 4.35. The van der Waals surface area contributed by atoms with Crippen LogP contribution in [0.15, 0.2) is 53.7 Å². The van der Waals surface area contributed by atoms with Crippen LogP contribution in [0.1, 0.15) is 41.6 Å². The lowest BCUT2D eigenvalue weighted by molar-refractivity contribution is 0.578. The van der Waals surface area contributed by atoms with Crippen LogP contribution in [0.4, 0.5) is 0 Å². The molecule has 0 amide bonds. The van der Waals surface area contributed by atoms with Gasteiger partial charge in [0.25, 0.3) is 15.2 Å². The molecule has 0 fully saturated rings. The minimum atomic E-state index is -3.78. The van der Waals surface area contributed by atoms with Gasteiger partial charge in [0.1, 0.15) is 5.82 Å². The summed E-state index contributed by atoms with van der Waals surface area (Å²) in [5, 5.41) is 13.3. The van der Waals surface area contributed by atoms with Gasteiger partial charge in [-0.2, -0.15) is 14.8 Å². The molecule has 0 atom stereocenters. The Morgan fingerprint density at radius 1 is 1.09 bits per heavy atom. The van der Waals surface area contributed by atoms with Gasteiger partial charge >= 0.3 is 0 Å². The Labute approximate surface area is 193 Å². The number of nitriles is 1. The van der Waals surface area contributed by atoms with Crippen molar-refractivity contribution < 1.29 is 8.42 Å². The molecular formula is C24H24N6O2S. The second-order valence-electron chi connectivity index (χ2n) is 7.70. The molecule has 0 bridgehead atoms. The molecule has 0 aliphatic heterocycles. The largest absolute Gasteiger partial charge is 0.283 e. The summed E-state index contributed by atoms with van der Waals surface area (Å²) in [6.07, 6.45) is 2.18. The molecule has 0 aliphatic carbocycles. The van der Waals surface area contributed by atoms with E-state index in [0.29, 0.717) is 23.5 Å². The molecule has 2 aromatic carbocycles. The Bertz CT molecular complexity index is 1470. The molecule has 8 nitrogen and oxygen atoms in total. The minimum Gasteiger partial charge on any atom is -0.238 e. The van der Waals surface area contributed by atoms with Gasteiger partial charge < -0.3 is 0 Å². The van der Waals surface area contributed by atoms with Crippen LogP contribution in [0, 0.1) is 18.3 Å². The van der Waals surface area contributed by atoms with Gasteiger partial charge in [0.2, 0.25) is 0 Å². The molecule has 168 valence electrons. The molecule has 4 rings (SSSR count). The van der Waals surface area contributed by atoms with E-state index in [1.165, 1.54) is 11.6 Å². The maximum absolute atomic E-state index is 12.3. The molecular weight excluding hydrogens is 436 g/mol. The highest BCUT2D eigenvalue weighted by molar-refractivity contribution is 7.89. The number of nitrogens with zero attached hydrogens (tertiary/aromatic N) is 5. The number of hydrogen-bond acceptors (Lipinski definition) is 6. The van der Waals surface area contributed by atoms with Crippen LogP contribution in [-0.4, -0.2) is 35.0 Å². The van der Waals surface area contributed by atoms with Gasteiger partial charge in [-0.15, -0.1) is 5.10 Å². The van der Waals surface area contributed by atoms with E-state index < -0.39 is 10.0 Å². The van der Waals surface area contributed by atoms with Crippen molar-refractivity contribution in [3.05, 3.63) is 76.7 Å². The van der Waals surface area contributed by atoms with E-state index in [2.05, 4.69) is 27.8 Å². The van der Waals surface area contributed by atoms with Crippen molar-refractivity contribution >= 4 is 15.7 Å². The second-order valence-corrected chi connectivity index (χ2v) is 9.48. The van der Waals surface area contributed by atoms with Gasteiger partial charge in [0.05, 0.1) is 11.6 Å². The molecule has 0 saturated heterocycles. The fourth-order valence-electron chi connectivity index (χ4n) is 3.82. The second kappa shape index (κ2) is 9.10. The summed E-state index contributed by atoms with van der Waals surface area (Å²) in [5.74, 6) is 0.589. The molecule has 0 unspecified atom stereocenters. The first kappa shape index (κ1) is 22.6.